The van der Waals surface area contributed by atoms with Crippen LogP contribution in [0.4, 0.5) is 5.69 Å². The number of nitrogens with zero attached hydrogens (tertiary/aromatic N) is 1. The summed E-state index contributed by atoms with van der Waals surface area (Å²) < 4.78 is 11.8. The predicted molar refractivity (Wildman–Crippen MR) is 110 cm³/mol. The van der Waals surface area contributed by atoms with Gasteiger partial charge in [-0.2, -0.15) is 0 Å². The van der Waals surface area contributed by atoms with Crippen molar-refractivity contribution in [2.24, 2.45) is 0 Å². The van der Waals surface area contributed by atoms with Crippen LogP contribution in [0.5, 0.6) is 5.75 Å². The molecule has 4 rings (SSSR count). The molecule has 140 valence electrons. The van der Waals surface area contributed by atoms with Crippen LogP contribution in [-0.2, 0) is 0 Å². The predicted octanol–water partition coefficient (Wildman–Crippen LogP) is 6.66. The molecule has 4 heteroatoms. The van der Waals surface area contributed by atoms with Gasteiger partial charge in [-0.15, -0.1) is 0 Å². The lowest BCUT2D eigenvalue weighted by molar-refractivity contribution is 0.459. The molecular weight excluding hydrogens is 336 g/mol. The largest absolute Gasteiger partial charge is 0.439 e. The van der Waals surface area contributed by atoms with E-state index in [9.17, 15) is 0 Å². The molecule has 1 aromatic heterocycles. The number of ether oxygens (including phenoxy) is 1. The Bertz CT molecular complexity index is 1000. The van der Waals surface area contributed by atoms with Gasteiger partial charge in [-0.3, -0.25) is 0 Å². The number of rotatable bonds is 5. The first-order valence-corrected chi connectivity index (χ1v) is 9.78. The third kappa shape index (κ3) is 3.44. The van der Waals surface area contributed by atoms with Crippen molar-refractivity contribution in [1.29, 1.82) is 0 Å². The maximum absolute atomic E-state index is 5.90. The van der Waals surface area contributed by atoms with Crippen LogP contribution in [0, 0.1) is 0 Å². The van der Waals surface area contributed by atoms with Crippen LogP contribution in [0.25, 0.3) is 17.2 Å². The minimum absolute atomic E-state index is 0.516. The van der Waals surface area contributed by atoms with E-state index in [-0.39, 0.29) is 0 Å². The number of hydrogen-bond donors (Lipinski definition) is 1. The van der Waals surface area contributed by atoms with Gasteiger partial charge in [0.25, 0.3) is 0 Å². The first kappa shape index (κ1) is 17.7. The molecule has 0 saturated heterocycles. The van der Waals surface area contributed by atoms with E-state index in [1.54, 1.807) is 0 Å². The van der Waals surface area contributed by atoms with Gasteiger partial charge in [0.05, 0.1) is 11.8 Å². The summed E-state index contributed by atoms with van der Waals surface area (Å²) in [6, 6.07) is 12.6. The van der Waals surface area contributed by atoms with Gasteiger partial charge in [0.1, 0.15) is 5.52 Å². The molecule has 0 saturated carbocycles. The average Bonchev–Trinajstić information content (AvgIpc) is 3.27. The van der Waals surface area contributed by atoms with Crippen molar-refractivity contribution < 1.29 is 9.15 Å². The Balaban J connectivity index is 1.58. The molecule has 0 bridgehead atoms. The normalized spacial score (nSPS) is 16.8. The smallest absolute Gasteiger partial charge is 0.225 e. The fourth-order valence-corrected chi connectivity index (χ4v) is 3.30. The minimum Gasteiger partial charge on any atom is -0.439 e. The molecule has 27 heavy (non-hydrogen) atoms. The highest BCUT2D eigenvalue weighted by Crippen LogP contribution is 2.37. The summed E-state index contributed by atoms with van der Waals surface area (Å²) >= 11 is 0. The van der Waals surface area contributed by atoms with Crippen LogP contribution in [-0.4, -0.2) is 4.98 Å². The van der Waals surface area contributed by atoms with E-state index in [0.717, 1.165) is 35.4 Å². The Morgan fingerprint density at radius 2 is 1.70 bits per heavy atom. The molecule has 1 N–H and O–H groups in total. The van der Waals surface area contributed by atoms with Crippen LogP contribution in [0.1, 0.15) is 69.4 Å². The summed E-state index contributed by atoms with van der Waals surface area (Å²) in [4.78, 5) is 4.61. The average molecular weight is 362 g/mol. The second-order valence-corrected chi connectivity index (χ2v) is 7.39. The van der Waals surface area contributed by atoms with Gasteiger partial charge in [0, 0.05) is 0 Å². The van der Waals surface area contributed by atoms with Crippen LogP contribution in [0.2, 0.25) is 0 Å². The van der Waals surface area contributed by atoms with Gasteiger partial charge in [-0.05, 0) is 60.1 Å². The van der Waals surface area contributed by atoms with E-state index in [1.165, 1.54) is 11.1 Å². The molecule has 2 atom stereocenters. The van der Waals surface area contributed by atoms with Gasteiger partial charge in [0.15, 0.2) is 11.3 Å². The lowest BCUT2D eigenvalue weighted by Gasteiger charge is -2.09. The van der Waals surface area contributed by atoms with Gasteiger partial charge in [-0.25, -0.2) is 4.98 Å². The molecule has 4 nitrogen and oxygen atoms in total. The van der Waals surface area contributed by atoms with Gasteiger partial charge >= 0.3 is 0 Å². The summed E-state index contributed by atoms with van der Waals surface area (Å²) in [6.07, 6.45) is 4.03. The number of benzene rings is 2. The third-order valence-corrected chi connectivity index (χ3v) is 5.53. The van der Waals surface area contributed by atoms with Crippen LogP contribution in [0.15, 0.2) is 46.7 Å². The summed E-state index contributed by atoms with van der Waals surface area (Å²) in [6.45, 7) is 8.86. The Kier molecular flexibility index (Phi) is 4.65. The molecule has 1 aliphatic rings. The second kappa shape index (κ2) is 7.10. The molecule has 1 aliphatic heterocycles. The quantitative estimate of drug-likeness (QED) is 0.551. The van der Waals surface area contributed by atoms with E-state index in [0.29, 0.717) is 23.6 Å². The van der Waals surface area contributed by atoms with Crippen LogP contribution in [0.3, 0.4) is 0 Å². The monoisotopic (exact) mass is 362 g/mol. The highest BCUT2D eigenvalue weighted by molar-refractivity contribution is 5.76. The Labute approximate surface area is 160 Å². The zero-order valence-corrected chi connectivity index (χ0v) is 16.4. The molecule has 0 aliphatic carbocycles. The first-order chi connectivity index (χ1) is 13.1. The van der Waals surface area contributed by atoms with Crippen molar-refractivity contribution in [2.45, 2.75) is 52.4 Å². The molecule has 2 aromatic carbocycles. The SMILES string of the molecule is CCC(C)c1ccc2c(c1)N/C(=C\c1nc3cc(C(C)CC)ccc3o1)O2. The zero-order chi connectivity index (χ0) is 19.0. The molecule has 0 radical (unpaired) electrons. The van der Waals surface area contributed by atoms with Crippen molar-refractivity contribution in [2.75, 3.05) is 5.32 Å². The van der Waals surface area contributed by atoms with E-state index in [1.807, 2.05) is 18.2 Å². The summed E-state index contributed by atoms with van der Waals surface area (Å²) in [5, 5.41) is 3.32. The van der Waals surface area contributed by atoms with Crippen molar-refractivity contribution in [3.63, 3.8) is 0 Å². The number of oxazole rings is 1. The Morgan fingerprint density at radius 3 is 2.44 bits per heavy atom. The molecule has 0 fully saturated rings. The fourth-order valence-electron chi connectivity index (χ4n) is 3.30. The lowest BCUT2D eigenvalue weighted by Crippen LogP contribution is -1.96. The molecule has 2 unspecified atom stereocenters. The third-order valence-electron chi connectivity index (χ3n) is 5.53. The van der Waals surface area contributed by atoms with Gasteiger partial charge in [-0.1, -0.05) is 39.8 Å². The molecule has 0 amide bonds. The van der Waals surface area contributed by atoms with Gasteiger partial charge in [0.2, 0.25) is 11.8 Å². The summed E-state index contributed by atoms with van der Waals surface area (Å²) in [5.74, 6) is 3.07. The zero-order valence-electron chi connectivity index (χ0n) is 16.4. The molecular formula is C23H26N2O2. The van der Waals surface area contributed by atoms with Crippen molar-refractivity contribution >= 4 is 22.9 Å². The van der Waals surface area contributed by atoms with Crippen molar-refractivity contribution in [3.05, 3.63) is 59.3 Å². The number of fused-ring (bicyclic) bond motifs is 2. The Morgan fingerprint density at radius 1 is 1.00 bits per heavy atom. The standard InChI is InChI=1S/C23H26N2O2/c1-5-14(3)16-7-9-20-18(11-16)24-22(26-20)13-23-25-19-12-17(15(4)6-2)8-10-21(19)27-23/h7-15,24H,5-6H2,1-4H3/b22-13+. The van der Waals surface area contributed by atoms with Crippen molar-refractivity contribution in [1.82, 2.24) is 4.98 Å². The number of nitrogens with one attached hydrogen (secondary N) is 1. The molecule has 3 aromatic rings. The number of anilines is 1. The second-order valence-electron chi connectivity index (χ2n) is 7.39. The number of aromatic nitrogens is 1. The van der Waals surface area contributed by atoms with Crippen LogP contribution >= 0.6 is 0 Å². The molecule has 2 heterocycles. The van der Waals surface area contributed by atoms with E-state index >= 15 is 0 Å². The van der Waals surface area contributed by atoms with Gasteiger partial charge < -0.3 is 14.5 Å². The van der Waals surface area contributed by atoms with Crippen molar-refractivity contribution in [3.8, 4) is 5.75 Å². The van der Waals surface area contributed by atoms with E-state index in [2.05, 4.69) is 62.3 Å². The summed E-state index contributed by atoms with van der Waals surface area (Å²) in [5.41, 5.74) is 5.28. The number of hydrogen-bond acceptors (Lipinski definition) is 4. The Hall–Kier alpha value is -2.75. The van der Waals surface area contributed by atoms with Crippen LogP contribution < -0.4 is 10.1 Å². The minimum atomic E-state index is 0.516. The topological polar surface area (TPSA) is 47.3 Å². The first-order valence-electron chi connectivity index (χ1n) is 9.78. The van der Waals surface area contributed by atoms with E-state index < -0.39 is 0 Å². The highest BCUT2D eigenvalue weighted by atomic mass is 16.5. The fraction of sp³-hybridized carbons (Fsp3) is 0.348. The molecule has 0 spiro atoms. The maximum atomic E-state index is 5.90. The van der Waals surface area contributed by atoms with E-state index in [4.69, 9.17) is 9.15 Å². The lowest BCUT2D eigenvalue weighted by atomic mass is 9.98. The summed E-state index contributed by atoms with van der Waals surface area (Å²) in [7, 11) is 0. The maximum Gasteiger partial charge on any atom is 0.225 e. The highest BCUT2D eigenvalue weighted by Gasteiger charge is 2.19.